The van der Waals surface area contributed by atoms with E-state index in [-0.39, 0.29) is 0 Å². The molecular weight excluding hydrogens is 677 g/mol. The van der Waals surface area contributed by atoms with Gasteiger partial charge in [0.25, 0.3) is 0 Å². The van der Waals surface area contributed by atoms with Crippen molar-refractivity contribution in [2.75, 3.05) is 9.80 Å². The predicted octanol–water partition coefficient (Wildman–Crippen LogP) is 15.4. The normalized spacial score (nSPS) is 13.9. The zero-order chi connectivity index (χ0) is 37.6. The maximum absolute atomic E-state index is 2.42. The van der Waals surface area contributed by atoms with Crippen LogP contribution in [-0.4, -0.2) is 0 Å². The molecule has 0 saturated heterocycles. The Morgan fingerprint density at radius 1 is 0.393 bits per heavy atom. The van der Waals surface area contributed by atoms with Crippen LogP contribution in [0.15, 0.2) is 200 Å². The predicted molar refractivity (Wildman–Crippen MR) is 240 cm³/mol. The van der Waals surface area contributed by atoms with Gasteiger partial charge in [-0.1, -0.05) is 139 Å². The van der Waals surface area contributed by atoms with Crippen molar-refractivity contribution >= 4 is 66.4 Å². The molecule has 0 heterocycles. The van der Waals surface area contributed by atoms with Gasteiger partial charge >= 0.3 is 0 Å². The lowest BCUT2D eigenvalue weighted by molar-refractivity contribution is 0.853. The van der Waals surface area contributed by atoms with E-state index < -0.39 is 0 Å². The Bertz CT molecular complexity index is 2830. The first-order valence-electron chi connectivity index (χ1n) is 19.6. The third-order valence-electron chi connectivity index (χ3n) is 11.4. The maximum Gasteiger partial charge on any atom is 0.0473 e. The molecule has 1 aliphatic carbocycles. The van der Waals surface area contributed by atoms with Crippen LogP contribution in [0.3, 0.4) is 0 Å². The first-order valence-corrected chi connectivity index (χ1v) is 19.6. The van der Waals surface area contributed by atoms with Crippen molar-refractivity contribution in [2.45, 2.75) is 26.2 Å². The summed E-state index contributed by atoms with van der Waals surface area (Å²) in [6, 6.07) is 65.1. The second kappa shape index (κ2) is 14.1. The van der Waals surface area contributed by atoms with Crippen molar-refractivity contribution in [3.05, 3.63) is 217 Å². The SMILES string of the molecule is Cc1ccc(N(c2cccc(-c3ccccc3)c2)c2cc3ccc4cc(N(c5ccc(C)cc5)c5cccc(C6C=CC=CC6)c5)cc5ccc(c2)c3c45)cc1. The molecule has 10 rings (SSSR count). The van der Waals surface area contributed by atoms with Crippen LogP contribution in [0.1, 0.15) is 29.0 Å². The van der Waals surface area contributed by atoms with Gasteiger partial charge in [-0.25, -0.2) is 0 Å². The molecule has 0 aliphatic heterocycles. The van der Waals surface area contributed by atoms with E-state index in [9.17, 15) is 0 Å². The van der Waals surface area contributed by atoms with Crippen LogP contribution in [0.2, 0.25) is 0 Å². The molecule has 268 valence electrons. The van der Waals surface area contributed by atoms with Crippen LogP contribution < -0.4 is 9.80 Å². The van der Waals surface area contributed by atoms with Crippen molar-refractivity contribution in [3.8, 4) is 11.1 Å². The molecule has 2 nitrogen and oxygen atoms in total. The highest BCUT2D eigenvalue weighted by Gasteiger charge is 2.20. The summed E-state index contributed by atoms with van der Waals surface area (Å²) in [4.78, 5) is 4.81. The van der Waals surface area contributed by atoms with E-state index in [0.29, 0.717) is 5.92 Å². The average Bonchev–Trinajstić information content (AvgIpc) is 3.25. The molecule has 1 aliphatic rings. The van der Waals surface area contributed by atoms with Gasteiger partial charge < -0.3 is 9.80 Å². The second-order valence-corrected chi connectivity index (χ2v) is 15.2. The van der Waals surface area contributed by atoms with Crippen molar-refractivity contribution in [3.63, 3.8) is 0 Å². The Morgan fingerprint density at radius 2 is 0.893 bits per heavy atom. The summed E-state index contributed by atoms with van der Waals surface area (Å²) in [5.41, 5.74) is 13.1. The summed E-state index contributed by atoms with van der Waals surface area (Å²) in [6.07, 6.45) is 9.92. The number of hydrogen-bond donors (Lipinski definition) is 0. The number of allylic oxidation sites excluding steroid dienone is 4. The van der Waals surface area contributed by atoms with Crippen LogP contribution in [0, 0.1) is 13.8 Å². The lowest BCUT2D eigenvalue weighted by Crippen LogP contribution is -2.11. The first kappa shape index (κ1) is 33.7. The molecular formula is C54H42N2. The molecule has 0 bridgehead atoms. The minimum Gasteiger partial charge on any atom is -0.310 e. The van der Waals surface area contributed by atoms with Crippen molar-refractivity contribution in [2.24, 2.45) is 0 Å². The van der Waals surface area contributed by atoms with Gasteiger partial charge in [-0.3, -0.25) is 0 Å². The zero-order valence-corrected chi connectivity index (χ0v) is 31.7. The Hall–Kier alpha value is -6.90. The molecule has 0 saturated carbocycles. The van der Waals surface area contributed by atoms with E-state index in [1.807, 2.05) is 0 Å². The molecule has 56 heavy (non-hydrogen) atoms. The van der Waals surface area contributed by atoms with Crippen LogP contribution >= 0.6 is 0 Å². The Morgan fingerprint density at radius 3 is 1.41 bits per heavy atom. The number of nitrogens with zero attached hydrogens (tertiary/aromatic N) is 2. The fraction of sp³-hybridized carbons (Fsp3) is 0.0741. The molecule has 1 unspecified atom stereocenters. The lowest BCUT2D eigenvalue weighted by atomic mass is 9.91. The number of benzene rings is 9. The highest BCUT2D eigenvalue weighted by molar-refractivity contribution is 6.24. The molecule has 0 radical (unpaired) electrons. The van der Waals surface area contributed by atoms with Crippen LogP contribution in [0.5, 0.6) is 0 Å². The summed E-state index contributed by atoms with van der Waals surface area (Å²) in [7, 11) is 0. The van der Waals surface area contributed by atoms with Crippen molar-refractivity contribution < 1.29 is 0 Å². The van der Waals surface area contributed by atoms with Gasteiger partial charge in [0, 0.05) is 40.0 Å². The topological polar surface area (TPSA) is 6.48 Å². The molecule has 9 aromatic rings. The second-order valence-electron chi connectivity index (χ2n) is 15.2. The quantitative estimate of drug-likeness (QED) is 0.144. The first-order chi connectivity index (χ1) is 27.6. The summed E-state index contributed by atoms with van der Waals surface area (Å²) < 4.78 is 0. The van der Waals surface area contributed by atoms with Gasteiger partial charge in [0.2, 0.25) is 0 Å². The van der Waals surface area contributed by atoms with E-state index in [0.717, 1.165) is 34.9 Å². The minimum absolute atomic E-state index is 0.380. The van der Waals surface area contributed by atoms with Crippen LogP contribution in [0.25, 0.3) is 43.4 Å². The monoisotopic (exact) mass is 718 g/mol. The molecule has 2 heteroatoms. The van der Waals surface area contributed by atoms with Gasteiger partial charge in [-0.15, -0.1) is 0 Å². The molecule has 0 aromatic heterocycles. The zero-order valence-electron chi connectivity index (χ0n) is 31.7. The van der Waals surface area contributed by atoms with E-state index in [1.165, 1.54) is 65.8 Å². The summed E-state index contributed by atoms with van der Waals surface area (Å²) >= 11 is 0. The maximum atomic E-state index is 2.42. The molecule has 0 amide bonds. The van der Waals surface area contributed by atoms with Crippen molar-refractivity contribution in [1.82, 2.24) is 0 Å². The van der Waals surface area contributed by atoms with Crippen molar-refractivity contribution in [1.29, 1.82) is 0 Å². The van der Waals surface area contributed by atoms with E-state index >= 15 is 0 Å². The van der Waals surface area contributed by atoms with Crippen LogP contribution in [-0.2, 0) is 0 Å². The number of rotatable bonds is 8. The minimum atomic E-state index is 0.380. The Balaban J connectivity index is 1.11. The summed E-state index contributed by atoms with van der Waals surface area (Å²) in [5.74, 6) is 0.380. The van der Waals surface area contributed by atoms with Gasteiger partial charge in [-0.05, 0) is 142 Å². The van der Waals surface area contributed by atoms with E-state index in [4.69, 9.17) is 0 Å². The molecule has 0 N–H and O–H groups in total. The third-order valence-corrected chi connectivity index (χ3v) is 11.4. The molecule has 1 atom stereocenters. The van der Waals surface area contributed by atoms with E-state index in [1.54, 1.807) is 0 Å². The largest absolute Gasteiger partial charge is 0.310 e. The molecule has 0 spiro atoms. The number of hydrogen-bond acceptors (Lipinski definition) is 2. The third kappa shape index (κ3) is 6.20. The smallest absolute Gasteiger partial charge is 0.0473 e. The lowest BCUT2D eigenvalue weighted by Gasteiger charge is -2.28. The fourth-order valence-electron chi connectivity index (χ4n) is 8.52. The number of aryl methyl sites for hydroxylation is 2. The molecule has 0 fully saturated rings. The highest BCUT2D eigenvalue weighted by Crippen LogP contribution is 2.45. The van der Waals surface area contributed by atoms with Gasteiger partial charge in [-0.2, -0.15) is 0 Å². The standard InChI is InChI=1S/C54H42N2/c1-37-19-27-47(28-20-37)55(49-17-9-15-41(31-49)39-11-5-3-6-12-39)51-33-43-23-25-45-35-52(36-46-26-24-44(34-51)53(43)54(45)46)56(48-29-21-38(2)22-30-48)50-18-10-16-42(32-50)40-13-7-4-8-14-40/h3-13,15-36,40H,14H2,1-2H3. The Labute approximate surface area is 329 Å². The summed E-state index contributed by atoms with van der Waals surface area (Å²) in [6.45, 7) is 4.30. The summed E-state index contributed by atoms with van der Waals surface area (Å²) in [5, 5.41) is 7.55. The van der Waals surface area contributed by atoms with Gasteiger partial charge in [0.15, 0.2) is 0 Å². The average molecular weight is 719 g/mol. The Kier molecular flexibility index (Phi) is 8.45. The van der Waals surface area contributed by atoms with Gasteiger partial charge in [0.05, 0.1) is 0 Å². The van der Waals surface area contributed by atoms with Crippen LogP contribution in [0.4, 0.5) is 34.1 Å². The number of anilines is 6. The van der Waals surface area contributed by atoms with Gasteiger partial charge in [0.1, 0.15) is 0 Å². The van der Waals surface area contributed by atoms with E-state index in [2.05, 4.69) is 224 Å². The highest BCUT2D eigenvalue weighted by atomic mass is 15.1. The molecule has 9 aromatic carbocycles. The fourth-order valence-corrected chi connectivity index (χ4v) is 8.52.